The Kier molecular flexibility index (Phi) is 6.53. The number of carbonyl (C=O) groups excluding carboxylic acids is 1. The van der Waals surface area contributed by atoms with E-state index in [1.54, 1.807) is 24.3 Å². The second-order valence-corrected chi connectivity index (χ2v) is 5.94. The third kappa shape index (κ3) is 5.64. The van der Waals surface area contributed by atoms with Gasteiger partial charge in [-0.3, -0.25) is 4.52 Å². The number of esters is 1. The van der Waals surface area contributed by atoms with E-state index in [1.165, 1.54) is 6.92 Å². The summed E-state index contributed by atoms with van der Waals surface area (Å²) < 4.78 is 14.0. The average Bonchev–Trinajstić information content (AvgIpc) is 2.55. The van der Waals surface area contributed by atoms with Gasteiger partial charge in [0.25, 0.3) is 0 Å². The van der Waals surface area contributed by atoms with Gasteiger partial charge in [0.2, 0.25) is 5.75 Å². The fourth-order valence-electron chi connectivity index (χ4n) is 1.66. The quantitative estimate of drug-likeness (QED) is 0.587. The molecule has 0 spiro atoms. The van der Waals surface area contributed by atoms with Crippen molar-refractivity contribution in [3.63, 3.8) is 0 Å². The summed E-state index contributed by atoms with van der Waals surface area (Å²) in [5, 5.41) is 0.324. The number of nitrogens with zero attached hydrogens (tertiary/aromatic N) is 1. The molecule has 2 rings (SSSR count). The number of ether oxygens (including phenoxy) is 1. The second-order valence-electron chi connectivity index (χ2n) is 4.64. The number of halogens is 1. The maximum Gasteiger partial charge on any atom is 0.395 e. The summed E-state index contributed by atoms with van der Waals surface area (Å²) in [6, 6.07) is 15.0. The lowest BCUT2D eigenvalue weighted by Gasteiger charge is -2.07. The van der Waals surface area contributed by atoms with E-state index in [9.17, 15) is 9.69 Å². The van der Waals surface area contributed by atoms with Crippen LogP contribution in [0.15, 0.2) is 59.3 Å². The highest BCUT2D eigenvalue weighted by molar-refractivity contribution is 7.34. The molecule has 0 heterocycles. The van der Waals surface area contributed by atoms with Crippen LogP contribution in [0.25, 0.3) is 0 Å². The van der Waals surface area contributed by atoms with Gasteiger partial charge in [0, 0.05) is 0 Å². The predicted molar refractivity (Wildman–Crippen MR) is 87.1 cm³/mol. The number of carbonyl (C=O) groups is 1. The molecule has 0 radical (unpaired) electrons. The van der Waals surface area contributed by atoms with Gasteiger partial charge >= 0.3 is 14.1 Å². The van der Waals surface area contributed by atoms with E-state index in [-0.39, 0.29) is 12.4 Å². The van der Waals surface area contributed by atoms with Crippen LogP contribution in [0.4, 0.5) is 0 Å². The van der Waals surface area contributed by atoms with Gasteiger partial charge in [-0.15, -0.1) is 0 Å². The molecular formula is C16H15ClNO4P. The Bertz CT molecular complexity index is 693. The standard InChI is InChI=1S/C16H15ClNO4P/c1-12(16(19)21-11-13-7-3-2-4-8-13)18-23(20)22-15-10-6-5-9-14(15)17/h2-10,12H,11H2,1H3/t12-/m0/s1. The van der Waals surface area contributed by atoms with Crippen molar-refractivity contribution in [2.45, 2.75) is 19.6 Å². The lowest BCUT2D eigenvalue weighted by atomic mass is 10.2. The molecular weight excluding hydrogens is 337 g/mol. The minimum Gasteiger partial charge on any atom is -0.575 e. The molecule has 2 aromatic carbocycles. The average molecular weight is 352 g/mol. The zero-order chi connectivity index (χ0) is 16.7. The summed E-state index contributed by atoms with van der Waals surface area (Å²) in [5.41, 5.74) is 0.866. The van der Waals surface area contributed by atoms with Crippen LogP contribution in [-0.2, 0) is 16.1 Å². The van der Waals surface area contributed by atoms with Crippen LogP contribution in [0.3, 0.4) is 0 Å². The van der Waals surface area contributed by atoms with E-state index in [2.05, 4.69) is 4.74 Å². The van der Waals surface area contributed by atoms with Gasteiger partial charge in [-0.05, 0) is 24.6 Å². The molecule has 0 saturated heterocycles. The molecule has 23 heavy (non-hydrogen) atoms. The number of hydrogen-bond donors (Lipinski definition) is 0. The fraction of sp³-hybridized carbons (Fsp3) is 0.188. The summed E-state index contributed by atoms with van der Waals surface area (Å²) in [6.45, 7) is 1.64. The summed E-state index contributed by atoms with van der Waals surface area (Å²) in [6.07, 6.45) is 0. The highest BCUT2D eigenvalue weighted by Crippen LogP contribution is 2.30. The highest BCUT2D eigenvalue weighted by atomic mass is 35.5. The molecule has 7 heteroatoms. The van der Waals surface area contributed by atoms with Crippen LogP contribution in [0, 0.1) is 0 Å². The first kappa shape index (κ1) is 17.4. The van der Waals surface area contributed by atoms with Crippen LogP contribution in [0.2, 0.25) is 5.02 Å². The smallest absolute Gasteiger partial charge is 0.395 e. The molecule has 2 aromatic rings. The summed E-state index contributed by atoms with van der Waals surface area (Å²) in [5.74, 6) is -0.316. The molecule has 1 unspecified atom stereocenters. The van der Waals surface area contributed by atoms with Crippen molar-refractivity contribution in [2.24, 2.45) is 4.74 Å². The summed E-state index contributed by atoms with van der Waals surface area (Å²) >= 11 is 5.90. The van der Waals surface area contributed by atoms with E-state index < -0.39 is 20.2 Å². The largest absolute Gasteiger partial charge is 0.575 e. The zero-order valence-electron chi connectivity index (χ0n) is 12.4. The predicted octanol–water partition coefficient (Wildman–Crippen LogP) is 3.71. The molecule has 0 bridgehead atoms. The molecule has 0 aromatic heterocycles. The third-order valence-electron chi connectivity index (χ3n) is 2.85. The van der Waals surface area contributed by atoms with Crippen LogP contribution >= 0.6 is 19.8 Å². The molecule has 0 N–H and O–H groups in total. The van der Waals surface area contributed by atoms with Crippen molar-refractivity contribution in [1.82, 2.24) is 0 Å². The molecule has 0 aliphatic carbocycles. The van der Waals surface area contributed by atoms with Crippen LogP contribution < -0.4 is 9.42 Å². The topological polar surface area (TPSA) is 71.0 Å². The van der Waals surface area contributed by atoms with Crippen molar-refractivity contribution in [3.8, 4) is 5.75 Å². The number of hydrogen-bond acceptors (Lipinski definition) is 5. The molecule has 120 valence electrons. The van der Waals surface area contributed by atoms with Crippen LogP contribution in [0.1, 0.15) is 12.5 Å². The Balaban J connectivity index is 1.90. The van der Waals surface area contributed by atoms with E-state index in [0.29, 0.717) is 5.02 Å². The van der Waals surface area contributed by atoms with E-state index in [4.69, 9.17) is 20.9 Å². The molecule has 0 aliphatic heterocycles. The number of rotatable bonds is 6. The van der Waals surface area contributed by atoms with Crippen molar-refractivity contribution in [1.29, 1.82) is 0 Å². The fourth-order valence-corrected chi connectivity index (χ4v) is 2.64. The molecule has 0 amide bonds. The SMILES string of the molecule is C[C@H](N=[P+]([O-])Oc1ccccc1Cl)C(=O)OCc1ccccc1. The van der Waals surface area contributed by atoms with E-state index in [1.807, 2.05) is 30.3 Å². The normalized spacial score (nSPS) is 12.6. The Morgan fingerprint density at radius 1 is 1.22 bits per heavy atom. The maximum absolute atomic E-state index is 11.8. The van der Waals surface area contributed by atoms with Gasteiger partial charge in [0.15, 0.2) is 6.04 Å². The van der Waals surface area contributed by atoms with Crippen LogP contribution in [-0.4, -0.2) is 12.0 Å². The van der Waals surface area contributed by atoms with Gasteiger partial charge in [-0.25, -0.2) is 4.79 Å². The molecule has 0 aliphatic rings. The van der Waals surface area contributed by atoms with Gasteiger partial charge in [-0.2, -0.15) is 0 Å². The van der Waals surface area contributed by atoms with Crippen molar-refractivity contribution >= 4 is 25.7 Å². The highest BCUT2D eigenvalue weighted by Gasteiger charge is 2.19. The van der Waals surface area contributed by atoms with Gasteiger partial charge in [0.05, 0.1) is 5.02 Å². The van der Waals surface area contributed by atoms with Gasteiger partial charge < -0.3 is 9.63 Å². The molecule has 0 saturated carbocycles. The summed E-state index contributed by atoms with van der Waals surface area (Å²) in [4.78, 5) is 23.7. The van der Waals surface area contributed by atoms with Crippen molar-refractivity contribution in [2.75, 3.05) is 0 Å². The Labute approximate surface area is 140 Å². The minimum atomic E-state index is -2.42. The first-order valence-corrected chi connectivity index (χ1v) is 8.38. The van der Waals surface area contributed by atoms with E-state index in [0.717, 1.165) is 5.56 Å². The Morgan fingerprint density at radius 2 is 1.87 bits per heavy atom. The molecule has 0 fully saturated rings. The van der Waals surface area contributed by atoms with Crippen molar-refractivity contribution < 1.29 is 18.9 Å². The number of para-hydroxylation sites is 1. The van der Waals surface area contributed by atoms with Crippen LogP contribution in [0.5, 0.6) is 5.75 Å². The first-order valence-electron chi connectivity index (χ1n) is 6.87. The van der Waals surface area contributed by atoms with E-state index >= 15 is 0 Å². The monoisotopic (exact) mass is 351 g/mol. The molecule has 2 atom stereocenters. The van der Waals surface area contributed by atoms with Gasteiger partial charge in [-0.1, -0.05) is 58.8 Å². The lowest BCUT2D eigenvalue weighted by molar-refractivity contribution is -0.169. The molecule has 5 nitrogen and oxygen atoms in total. The number of benzene rings is 2. The Hall–Kier alpha value is -1.94. The second kappa shape index (κ2) is 8.63. The first-order chi connectivity index (χ1) is 11.1. The third-order valence-corrected chi connectivity index (χ3v) is 4.05. The van der Waals surface area contributed by atoms with Crippen molar-refractivity contribution in [3.05, 3.63) is 65.2 Å². The van der Waals surface area contributed by atoms with Gasteiger partial charge in [0.1, 0.15) is 6.61 Å². The zero-order valence-corrected chi connectivity index (χ0v) is 14.0. The maximum atomic E-state index is 11.8. The lowest BCUT2D eigenvalue weighted by Crippen LogP contribution is -2.18. The Morgan fingerprint density at radius 3 is 2.57 bits per heavy atom. The minimum absolute atomic E-state index is 0.141. The summed E-state index contributed by atoms with van der Waals surface area (Å²) in [7, 11) is -2.42.